The Bertz CT molecular complexity index is 1110. The molecule has 0 radical (unpaired) electrons. The van der Waals surface area contributed by atoms with Crippen LogP contribution in [0.15, 0.2) is 42.5 Å². The van der Waals surface area contributed by atoms with E-state index in [-0.39, 0.29) is 37.1 Å². The number of ether oxygens (including phenoxy) is 3. The Hall–Kier alpha value is -3.08. The van der Waals surface area contributed by atoms with Crippen LogP contribution in [-0.2, 0) is 9.47 Å². The van der Waals surface area contributed by atoms with Crippen molar-refractivity contribution >= 4 is 41.1 Å². The highest BCUT2D eigenvalue weighted by Gasteiger charge is 2.34. The first-order valence-electron chi connectivity index (χ1n) is 11.2. The number of hydrogen-bond acceptors (Lipinski definition) is 7. The summed E-state index contributed by atoms with van der Waals surface area (Å²) in [6.45, 7) is 6.23. The van der Waals surface area contributed by atoms with Crippen LogP contribution in [0.5, 0.6) is 5.75 Å². The van der Waals surface area contributed by atoms with Crippen LogP contribution in [0, 0.1) is 10.1 Å². The summed E-state index contributed by atoms with van der Waals surface area (Å²) in [6, 6.07) is 10.3. The molecule has 1 aliphatic rings. The molecule has 1 heterocycles. The molecule has 0 unspecified atom stereocenters. The summed E-state index contributed by atoms with van der Waals surface area (Å²) in [6.07, 6.45) is -1.75. The Morgan fingerprint density at radius 1 is 1.17 bits per heavy atom. The van der Waals surface area contributed by atoms with Gasteiger partial charge in [0.25, 0.3) is 5.69 Å². The van der Waals surface area contributed by atoms with Crippen molar-refractivity contribution in [2.24, 2.45) is 0 Å². The van der Waals surface area contributed by atoms with Crippen LogP contribution in [0.4, 0.5) is 15.3 Å². The first-order chi connectivity index (χ1) is 16.9. The van der Waals surface area contributed by atoms with Crippen molar-refractivity contribution in [2.75, 3.05) is 26.2 Å². The fraction of sp³-hybridized carbons (Fsp3) is 0.417. The van der Waals surface area contributed by atoms with Crippen molar-refractivity contribution < 1.29 is 28.7 Å². The molecular weight excluding hydrogens is 513 g/mol. The molecular formula is C24H27Cl2N3O7. The lowest BCUT2D eigenvalue weighted by Crippen LogP contribution is -2.42. The monoisotopic (exact) mass is 539 g/mol. The number of nitrogens with zero attached hydrogens (tertiary/aromatic N) is 2. The number of hydrogen-bond donors (Lipinski definition) is 1. The van der Waals surface area contributed by atoms with Crippen LogP contribution in [-0.4, -0.2) is 60.0 Å². The highest BCUT2D eigenvalue weighted by atomic mass is 35.5. The molecule has 1 aliphatic heterocycles. The van der Waals surface area contributed by atoms with E-state index in [2.05, 4.69) is 5.32 Å². The number of nitro benzene ring substituents is 1. The lowest BCUT2D eigenvalue weighted by Gasteiger charge is -2.30. The van der Waals surface area contributed by atoms with Gasteiger partial charge in [0, 0.05) is 37.7 Å². The Labute approximate surface area is 218 Å². The third-order valence-electron chi connectivity index (χ3n) is 5.29. The highest BCUT2D eigenvalue weighted by molar-refractivity contribution is 6.42. The van der Waals surface area contributed by atoms with Gasteiger partial charge in [0.2, 0.25) is 0 Å². The van der Waals surface area contributed by atoms with E-state index >= 15 is 0 Å². The summed E-state index contributed by atoms with van der Waals surface area (Å²) < 4.78 is 16.8. The molecule has 36 heavy (non-hydrogen) atoms. The minimum atomic E-state index is -0.756. The van der Waals surface area contributed by atoms with Gasteiger partial charge in [-0.3, -0.25) is 10.1 Å². The van der Waals surface area contributed by atoms with Crippen molar-refractivity contribution in [3.8, 4) is 5.75 Å². The number of nitro groups is 1. The fourth-order valence-electron chi connectivity index (χ4n) is 3.60. The molecule has 10 nitrogen and oxygen atoms in total. The smallest absolute Gasteiger partial charge is 0.412 e. The van der Waals surface area contributed by atoms with Gasteiger partial charge in [-0.1, -0.05) is 29.3 Å². The van der Waals surface area contributed by atoms with Gasteiger partial charge in [-0.05, 0) is 50.6 Å². The summed E-state index contributed by atoms with van der Waals surface area (Å²) in [4.78, 5) is 37.0. The van der Waals surface area contributed by atoms with Gasteiger partial charge in [-0.15, -0.1) is 0 Å². The molecule has 2 atom stereocenters. The van der Waals surface area contributed by atoms with E-state index < -0.39 is 28.8 Å². The quantitative estimate of drug-likeness (QED) is 0.398. The second-order valence-corrected chi connectivity index (χ2v) is 9.95. The van der Waals surface area contributed by atoms with E-state index in [9.17, 15) is 19.7 Å². The van der Waals surface area contributed by atoms with Crippen molar-refractivity contribution in [3.63, 3.8) is 0 Å². The zero-order chi connectivity index (χ0) is 26.5. The van der Waals surface area contributed by atoms with Crippen LogP contribution in [0.3, 0.4) is 0 Å². The van der Waals surface area contributed by atoms with E-state index in [0.29, 0.717) is 16.6 Å². The van der Waals surface area contributed by atoms with Crippen molar-refractivity contribution in [2.45, 2.75) is 38.4 Å². The number of amides is 2. The van der Waals surface area contributed by atoms with E-state index in [0.717, 1.165) is 5.56 Å². The van der Waals surface area contributed by atoms with Gasteiger partial charge < -0.3 is 24.4 Å². The summed E-state index contributed by atoms with van der Waals surface area (Å²) >= 11 is 12.3. The summed E-state index contributed by atoms with van der Waals surface area (Å²) in [5, 5.41) is 14.2. The maximum atomic E-state index is 12.8. The average Bonchev–Trinajstić information content (AvgIpc) is 3.01. The molecule has 0 aromatic heterocycles. The van der Waals surface area contributed by atoms with Crippen LogP contribution in [0.2, 0.25) is 10.0 Å². The summed E-state index contributed by atoms with van der Waals surface area (Å²) in [7, 11) is 0. The van der Waals surface area contributed by atoms with E-state index in [1.165, 1.54) is 24.3 Å². The van der Waals surface area contributed by atoms with Crippen molar-refractivity contribution in [1.29, 1.82) is 0 Å². The minimum absolute atomic E-state index is 0.0683. The predicted molar refractivity (Wildman–Crippen MR) is 134 cm³/mol. The maximum Gasteiger partial charge on any atom is 0.412 e. The first kappa shape index (κ1) is 27.5. The van der Waals surface area contributed by atoms with E-state index in [1.807, 2.05) is 0 Å². The van der Waals surface area contributed by atoms with Crippen LogP contribution < -0.4 is 10.1 Å². The average molecular weight is 540 g/mol. The topological polar surface area (TPSA) is 120 Å². The molecule has 0 saturated carbocycles. The predicted octanol–water partition coefficient (Wildman–Crippen LogP) is 5.41. The standard InChI is InChI=1S/C24H27Cl2N3O7/c1-24(2,3)36-23(31)28-10-11-34-21(18(14-28)15-4-9-19(25)20(26)12-15)13-27-22(30)35-17-7-5-16(6-8-17)29(32)33/h4-9,12,18,21H,10-11,13-14H2,1-3H3,(H,27,30)/t18-,21+/m0/s1. The highest BCUT2D eigenvalue weighted by Crippen LogP contribution is 2.31. The van der Waals surface area contributed by atoms with E-state index in [1.54, 1.807) is 43.9 Å². The molecule has 0 bridgehead atoms. The number of nitrogens with one attached hydrogen (secondary N) is 1. The summed E-state index contributed by atoms with van der Waals surface area (Å²) in [5.41, 5.74) is -0.00431. The number of carbonyl (C=O) groups is 2. The third kappa shape index (κ3) is 7.71. The zero-order valence-electron chi connectivity index (χ0n) is 20.0. The minimum Gasteiger partial charge on any atom is -0.444 e. The Balaban J connectivity index is 1.73. The molecule has 1 N–H and O–H groups in total. The lowest BCUT2D eigenvalue weighted by atomic mass is 9.92. The zero-order valence-corrected chi connectivity index (χ0v) is 21.5. The second-order valence-electron chi connectivity index (χ2n) is 9.14. The second kappa shape index (κ2) is 11.8. The molecule has 0 aliphatic carbocycles. The number of rotatable bonds is 5. The SMILES string of the molecule is CC(C)(C)OC(=O)N1CCO[C@H](CNC(=O)Oc2ccc([N+](=O)[O-])cc2)[C@H](c2ccc(Cl)c(Cl)c2)C1. The molecule has 1 fully saturated rings. The first-order valence-corrected chi connectivity index (χ1v) is 11.9. The Morgan fingerprint density at radius 3 is 2.47 bits per heavy atom. The van der Waals surface area contributed by atoms with Crippen LogP contribution in [0.1, 0.15) is 32.3 Å². The van der Waals surface area contributed by atoms with Crippen molar-refractivity contribution in [1.82, 2.24) is 10.2 Å². The summed E-state index contributed by atoms with van der Waals surface area (Å²) in [5.74, 6) is -0.216. The molecule has 12 heteroatoms. The number of non-ortho nitro benzene ring substituents is 1. The number of halogens is 2. The molecule has 2 aromatic rings. The maximum absolute atomic E-state index is 12.8. The lowest BCUT2D eigenvalue weighted by molar-refractivity contribution is -0.384. The van der Waals surface area contributed by atoms with Gasteiger partial charge in [0.15, 0.2) is 0 Å². The molecule has 194 valence electrons. The Kier molecular flexibility index (Phi) is 8.99. The van der Waals surface area contributed by atoms with Crippen molar-refractivity contribution in [3.05, 3.63) is 68.2 Å². The van der Waals surface area contributed by atoms with Crippen LogP contribution in [0.25, 0.3) is 0 Å². The molecule has 2 aromatic carbocycles. The Morgan fingerprint density at radius 2 is 1.86 bits per heavy atom. The van der Waals surface area contributed by atoms with Crippen LogP contribution >= 0.6 is 23.2 Å². The molecule has 2 amide bonds. The molecule has 0 spiro atoms. The third-order valence-corrected chi connectivity index (χ3v) is 6.03. The number of carbonyl (C=O) groups excluding carboxylic acids is 2. The molecule has 3 rings (SSSR count). The van der Waals surface area contributed by atoms with Gasteiger partial charge in [0.05, 0.1) is 27.7 Å². The van der Waals surface area contributed by atoms with Gasteiger partial charge in [-0.2, -0.15) is 0 Å². The number of benzene rings is 2. The van der Waals surface area contributed by atoms with Gasteiger partial charge in [-0.25, -0.2) is 9.59 Å². The van der Waals surface area contributed by atoms with Gasteiger partial charge in [0.1, 0.15) is 11.4 Å². The molecule has 1 saturated heterocycles. The van der Waals surface area contributed by atoms with Gasteiger partial charge >= 0.3 is 12.2 Å². The normalized spacial score (nSPS) is 18.2. The largest absolute Gasteiger partial charge is 0.444 e. The van der Waals surface area contributed by atoms with E-state index in [4.69, 9.17) is 37.4 Å². The fourth-order valence-corrected chi connectivity index (χ4v) is 3.90.